The zero-order chi connectivity index (χ0) is 17.9. The molecule has 2 rings (SSSR count). The van der Waals surface area contributed by atoms with Crippen LogP contribution in [0.2, 0.25) is 0 Å². The first-order valence-corrected chi connectivity index (χ1v) is 7.36. The quantitative estimate of drug-likeness (QED) is 0.724. The van der Waals surface area contributed by atoms with Gasteiger partial charge >= 0.3 is 5.97 Å². The molecule has 1 heterocycles. The monoisotopic (exact) mass is 338 g/mol. The minimum atomic E-state index is -1.12. The number of amides is 2. The third kappa shape index (κ3) is 4.08. The number of halogens is 1. The first kappa shape index (κ1) is 17.9. The Morgan fingerprint density at radius 1 is 1.50 bits per heavy atom. The summed E-state index contributed by atoms with van der Waals surface area (Å²) in [5, 5.41) is 14.2. The van der Waals surface area contributed by atoms with E-state index >= 15 is 0 Å². The van der Waals surface area contributed by atoms with Gasteiger partial charge in [-0.2, -0.15) is 0 Å². The lowest BCUT2D eigenvalue weighted by Crippen LogP contribution is -2.52. The molecule has 7 nitrogen and oxygen atoms in total. The van der Waals surface area contributed by atoms with Gasteiger partial charge in [0.2, 0.25) is 11.8 Å². The molecule has 0 aliphatic carbocycles. The molecule has 0 spiro atoms. The smallest absolute Gasteiger partial charge is 0.305 e. The number of carboxylic acids is 1. The number of ether oxygens (including phenoxy) is 1. The molecule has 0 saturated heterocycles. The Hall–Kier alpha value is -2.48. The van der Waals surface area contributed by atoms with E-state index in [0.717, 1.165) is 6.07 Å². The Morgan fingerprint density at radius 3 is 2.83 bits per heavy atom. The molecule has 2 amide bonds. The molecule has 0 fully saturated rings. The molecule has 3 N–H and O–H groups in total. The number of carbonyl (C=O) groups is 3. The van der Waals surface area contributed by atoms with Crippen LogP contribution in [-0.4, -0.2) is 42.1 Å². The lowest BCUT2D eigenvalue weighted by molar-refractivity contribution is -0.140. The van der Waals surface area contributed by atoms with Crippen LogP contribution in [-0.2, 0) is 19.1 Å². The second-order valence-electron chi connectivity index (χ2n) is 6.09. The van der Waals surface area contributed by atoms with Crippen LogP contribution in [0.5, 0.6) is 0 Å². The van der Waals surface area contributed by atoms with Gasteiger partial charge in [0.25, 0.3) is 0 Å². The number of carboxylic acid groups (broad SMARTS) is 1. The number of benzene rings is 1. The van der Waals surface area contributed by atoms with Crippen molar-refractivity contribution in [3.05, 3.63) is 29.6 Å². The van der Waals surface area contributed by atoms with Gasteiger partial charge in [0.15, 0.2) is 0 Å². The van der Waals surface area contributed by atoms with Gasteiger partial charge in [0.05, 0.1) is 24.5 Å². The molecule has 0 aromatic heterocycles. The molecule has 1 aliphatic rings. The van der Waals surface area contributed by atoms with E-state index in [4.69, 9.17) is 9.84 Å². The number of carbonyl (C=O) groups excluding carboxylic acids is 2. The normalized spacial score (nSPS) is 19.0. The number of rotatable bonds is 6. The Bertz CT molecular complexity index is 678. The average molecular weight is 338 g/mol. The largest absolute Gasteiger partial charge is 0.481 e. The van der Waals surface area contributed by atoms with Gasteiger partial charge in [-0.15, -0.1) is 0 Å². The molecule has 0 radical (unpaired) electrons. The van der Waals surface area contributed by atoms with Gasteiger partial charge in [-0.25, -0.2) is 4.39 Å². The maximum atomic E-state index is 13.3. The molecular formula is C16H19FN2O5. The van der Waals surface area contributed by atoms with Gasteiger partial charge in [0, 0.05) is 19.2 Å². The van der Waals surface area contributed by atoms with E-state index in [2.05, 4.69) is 10.6 Å². The molecule has 1 aromatic rings. The first-order chi connectivity index (χ1) is 11.2. The predicted octanol–water partition coefficient (Wildman–Crippen LogP) is 1.25. The average Bonchev–Trinajstić information content (AvgIpc) is 2.44. The number of fused-ring (bicyclic) bond motifs is 1. The maximum absolute atomic E-state index is 13.3. The van der Waals surface area contributed by atoms with E-state index < -0.39 is 35.1 Å². The zero-order valence-electron chi connectivity index (χ0n) is 13.4. The number of methoxy groups -OCH3 is 1. The van der Waals surface area contributed by atoms with Crippen molar-refractivity contribution in [2.45, 2.75) is 31.2 Å². The van der Waals surface area contributed by atoms with Crippen molar-refractivity contribution in [1.29, 1.82) is 0 Å². The summed E-state index contributed by atoms with van der Waals surface area (Å²) in [6, 6.07) is 3.81. The summed E-state index contributed by atoms with van der Waals surface area (Å²) in [4.78, 5) is 35.4. The molecule has 2 unspecified atom stereocenters. The van der Waals surface area contributed by atoms with E-state index in [1.807, 2.05) is 0 Å². The van der Waals surface area contributed by atoms with Crippen LogP contribution in [0.4, 0.5) is 10.1 Å². The minimum absolute atomic E-state index is 0.000230. The van der Waals surface area contributed by atoms with Gasteiger partial charge in [-0.3, -0.25) is 14.4 Å². The van der Waals surface area contributed by atoms with Crippen molar-refractivity contribution in [3.8, 4) is 0 Å². The Labute approximate surface area is 138 Å². The molecule has 1 aliphatic heterocycles. The van der Waals surface area contributed by atoms with Crippen molar-refractivity contribution in [2.24, 2.45) is 0 Å². The van der Waals surface area contributed by atoms with Crippen LogP contribution in [0.25, 0.3) is 0 Å². The number of anilines is 1. The molecule has 1 aromatic carbocycles. The fraction of sp³-hybridized carbons (Fsp3) is 0.438. The lowest BCUT2D eigenvalue weighted by Gasteiger charge is -2.32. The SMILES string of the molecule is COCC(C)(CC(=O)O)NC(=O)C1CC(=O)Nc2cc(F)ccc21. The van der Waals surface area contributed by atoms with Crippen LogP contribution >= 0.6 is 0 Å². The minimum Gasteiger partial charge on any atom is -0.481 e. The van der Waals surface area contributed by atoms with E-state index in [0.29, 0.717) is 5.56 Å². The van der Waals surface area contributed by atoms with Gasteiger partial charge in [-0.05, 0) is 24.6 Å². The van der Waals surface area contributed by atoms with Crippen LogP contribution in [0.15, 0.2) is 18.2 Å². The van der Waals surface area contributed by atoms with E-state index in [1.165, 1.54) is 19.2 Å². The van der Waals surface area contributed by atoms with Gasteiger partial charge < -0.3 is 20.5 Å². The highest BCUT2D eigenvalue weighted by molar-refractivity contribution is 6.01. The number of hydrogen-bond acceptors (Lipinski definition) is 4. The summed E-state index contributed by atoms with van der Waals surface area (Å²) in [5.41, 5.74) is -0.382. The second kappa shape index (κ2) is 6.96. The van der Waals surface area contributed by atoms with Crippen molar-refractivity contribution in [3.63, 3.8) is 0 Å². The Balaban J connectivity index is 2.26. The second-order valence-corrected chi connectivity index (χ2v) is 6.09. The summed E-state index contributed by atoms with van der Waals surface area (Å²) in [5.74, 6) is -3.33. The fourth-order valence-corrected chi connectivity index (χ4v) is 2.84. The topological polar surface area (TPSA) is 105 Å². The van der Waals surface area contributed by atoms with Gasteiger partial charge in [0.1, 0.15) is 5.82 Å². The van der Waals surface area contributed by atoms with E-state index in [-0.39, 0.29) is 25.1 Å². The molecular weight excluding hydrogens is 319 g/mol. The number of nitrogens with one attached hydrogen (secondary N) is 2. The van der Waals surface area contributed by atoms with Gasteiger partial charge in [-0.1, -0.05) is 6.07 Å². The van der Waals surface area contributed by atoms with Crippen molar-refractivity contribution in [1.82, 2.24) is 5.32 Å². The van der Waals surface area contributed by atoms with Crippen molar-refractivity contribution >= 4 is 23.5 Å². The van der Waals surface area contributed by atoms with E-state index in [9.17, 15) is 18.8 Å². The fourth-order valence-electron chi connectivity index (χ4n) is 2.84. The lowest BCUT2D eigenvalue weighted by atomic mass is 9.88. The highest BCUT2D eigenvalue weighted by atomic mass is 19.1. The predicted molar refractivity (Wildman–Crippen MR) is 83.1 cm³/mol. The number of aliphatic carboxylic acids is 1. The summed E-state index contributed by atoms with van der Waals surface area (Å²) in [6.45, 7) is 1.55. The summed E-state index contributed by atoms with van der Waals surface area (Å²) in [6.07, 6.45) is -0.428. The van der Waals surface area contributed by atoms with E-state index in [1.54, 1.807) is 6.92 Å². The Morgan fingerprint density at radius 2 is 2.21 bits per heavy atom. The summed E-state index contributed by atoms with van der Waals surface area (Å²) < 4.78 is 18.3. The van der Waals surface area contributed by atoms with Crippen LogP contribution < -0.4 is 10.6 Å². The molecule has 8 heteroatoms. The number of hydrogen-bond donors (Lipinski definition) is 3. The molecule has 2 atom stereocenters. The molecule has 0 bridgehead atoms. The first-order valence-electron chi connectivity index (χ1n) is 7.36. The molecule has 0 saturated carbocycles. The third-order valence-electron chi connectivity index (χ3n) is 3.80. The molecule has 130 valence electrons. The highest BCUT2D eigenvalue weighted by Gasteiger charge is 2.36. The highest BCUT2D eigenvalue weighted by Crippen LogP contribution is 2.33. The maximum Gasteiger partial charge on any atom is 0.305 e. The third-order valence-corrected chi connectivity index (χ3v) is 3.80. The zero-order valence-corrected chi connectivity index (χ0v) is 13.4. The van der Waals surface area contributed by atoms with Crippen LogP contribution in [0, 0.1) is 5.82 Å². The summed E-state index contributed by atoms with van der Waals surface area (Å²) >= 11 is 0. The van der Waals surface area contributed by atoms with Crippen molar-refractivity contribution < 1.29 is 28.6 Å². The van der Waals surface area contributed by atoms with Crippen LogP contribution in [0.1, 0.15) is 31.2 Å². The standard InChI is InChI=1S/C16H19FN2O5/c1-16(8-24-2,7-14(21)22)19-15(23)11-6-13(20)18-12-5-9(17)3-4-10(11)12/h3-5,11H,6-8H2,1-2H3,(H,18,20)(H,19,23)(H,21,22). The van der Waals surface area contributed by atoms with Crippen molar-refractivity contribution in [2.75, 3.05) is 19.0 Å². The summed E-state index contributed by atoms with van der Waals surface area (Å²) in [7, 11) is 1.40. The van der Waals surface area contributed by atoms with Crippen LogP contribution in [0.3, 0.4) is 0 Å². The Kier molecular flexibility index (Phi) is 5.18. The molecule has 24 heavy (non-hydrogen) atoms.